The average molecular weight is 310 g/mol. The Labute approximate surface area is 127 Å². The lowest BCUT2D eigenvalue weighted by Crippen LogP contribution is -2.37. The van der Waals surface area contributed by atoms with E-state index >= 15 is 0 Å². The molecule has 0 saturated carbocycles. The van der Waals surface area contributed by atoms with E-state index in [1.165, 1.54) is 0 Å². The number of halogens is 1. The molecule has 1 aromatic heterocycles. The second-order valence-electron chi connectivity index (χ2n) is 5.08. The van der Waals surface area contributed by atoms with Crippen LogP contribution in [0.1, 0.15) is 6.42 Å². The molecule has 0 spiro atoms. The van der Waals surface area contributed by atoms with E-state index in [2.05, 4.69) is 15.5 Å². The predicted molar refractivity (Wildman–Crippen MR) is 77.9 cm³/mol. The molecule has 1 aliphatic heterocycles. The molecule has 8 heteroatoms. The van der Waals surface area contributed by atoms with Crippen molar-refractivity contribution >= 4 is 17.3 Å². The van der Waals surface area contributed by atoms with E-state index < -0.39 is 5.60 Å². The van der Waals surface area contributed by atoms with Crippen LogP contribution in [0, 0.1) is 0 Å². The van der Waals surface area contributed by atoms with Crippen molar-refractivity contribution in [2.45, 2.75) is 18.6 Å². The number of methoxy groups -OCH3 is 1. The Morgan fingerprint density at radius 2 is 2.38 bits per heavy atom. The third kappa shape index (κ3) is 2.72. The van der Waals surface area contributed by atoms with Crippen molar-refractivity contribution < 1.29 is 9.47 Å². The quantitative estimate of drug-likeness (QED) is 0.858. The Morgan fingerprint density at radius 3 is 3.05 bits per heavy atom. The molecule has 0 bridgehead atoms. The number of nitrogens with two attached hydrogens (primary N) is 1. The fourth-order valence-corrected chi connectivity index (χ4v) is 2.63. The molecule has 2 aromatic rings. The van der Waals surface area contributed by atoms with E-state index in [0.717, 1.165) is 12.0 Å². The van der Waals surface area contributed by atoms with Gasteiger partial charge in [0.05, 0.1) is 13.2 Å². The molecular formula is C13H16ClN5O2. The van der Waals surface area contributed by atoms with Crippen LogP contribution in [0.15, 0.2) is 18.2 Å². The van der Waals surface area contributed by atoms with Crippen molar-refractivity contribution in [3.05, 3.63) is 23.2 Å². The number of ether oxygens (including phenoxy) is 2. The third-order valence-corrected chi connectivity index (χ3v) is 3.96. The SMILES string of the molecule is COC1(Cn2nnnc2-c2ccc(Cl)cc2N)CCOC1. The van der Waals surface area contributed by atoms with Gasteiger partial charge in [0.15, 0.2) is 5.82 Å². The number of nitrogens with zero attached hydrogens (tertiary/aromatic N) is 4. The number of hydrogen-bond acceptors (Lipinski definition) is 6. The van der Waals surface area contributed by atoms with Crippen molar-refractivity contribution in [2.75, 3.05) is 26.1 Å². The summed E-state index contributed by atoms with van der Waals surface area (Å²) in [7, 11) is 1.68. The number of aromatic nitrogens is 4. The van der Waals surface area contributed by atoms with Crippen molar-refractivity contribution in [1.82, 2.24) is 20.2 Å². The van der Waals surface area contributed by atoms with Gasteiger partial charge in [-0.15, -0.1) is 5.10 Å². The highest BCUT2D eigenvalue weighted by molar-refractivity contribution is 6.31. The summed E-state index contributed by atoms with van der Waals surface area (Å²) in [5, 5.41) is 12.4. The van der Waals surface area contributed by atoms with Crippen LogP contribution in [-0.4, -0.2) is 46.1 Å². The van der Waals surface area contributed by atoms with Gasteiger partial charge in [-0.3, -0.25) is 0 Å². The molecule has 0 amide bonds. The molecule has 0 radical (unpaired) electrons. The Morgan fingerprint density at radius 1 is 1.52 bits per heavy atom. The molecule has 1 aliphatic rings. The maximum atomic E-state index is 6.01. The molecule has 1 saturated heterocycles. The zero-order valence-electron chi connectivity index (χ0n) is 11.6. The van der Waals surface area contributed by atoms with Crippen LogP contribution < -0.4 is 5.73 Å². The minimum Gasteiger partial charge on any atom is -0.398 e. The lowest BCUT2D eigenvalue weighted by molar-refractivity contribution is -0.0317. The molecule has 21 heavy (non-hydrogen) atoms. The largest absolute Gasteiger partial charge is 0.398 e. The van der Waals surface area contributed by atoms with E-state index in [1.54, 1.807) is 23.9 Å². The molecule has 112 valence electrons. The predicted octanol–water partition coefficient (Wildman–Crippen LogP) is 1.38. The Balaban J connectivity index is 1.94. The highest BCUT2D eigenvalue weighted by Crippen LogP contribution is 2.29. The molecule has 1 aromatic carbocycles. The number of tetrazole rings is 1. The molecule has 1 unspecified atom stereocenters. The topological polar surface area (TPSA) is 88.1 Å². The molecule has 7 nitrogen and oxygen atoms in total. The fourth-order valence-electron chi connectivity index (χ4n) is 2.45. The van der Waals surface area contributed by atoms with Crippen LogP contribution >= 0.6 is 11.6 Å². The van der Waals surface area contributed by atoms with E-state index in [9.17, 15) is 0 Å². The summed E-state index contributed by atoms with van der Waals surface area (Å²) in [5.41, 5.74) is 6.89. The van der Waals surface area contributed by atoms with Crippen molar-refractivity contribution in [3.8, 4) is 11.4 Å². The molecule has 1 atom stereocenters. The molecule has 2 N–H and O–H groups in total. The smallest absolute Gasteiger partial charge is 0.184 e. The van der Waals surface area contributed by atoms with Gasteiger partial charge in [-0.2, -0.15) is 0 Å². The van der Waals surface area contributed by atoms with Crippen LogP contribution in [0.5, 0.6) is 0 Å². The van der Waals surface area contributed by atoms with Crippen LogP contribution in [0.25, 0.3) is 11.4 Å². The Kier molecular flexibility index (Phi) is 3.79. The van der Waals surface area contributed by atoms with E-state index in [0.29, 0.717) is 36.3 Å². The van der Waals surface area contributed by atoms with E-state index in [4.69, 9.17) is 26.8 Å². The second-order valence-corrected chi connectivity index (χ2v) is 5.52. The van der Waals surface area contributed by atoms with Crippen molar-refractivity contribution in [3.63, 3.8) is 0 Å². The maximum Gasteiger partial charge on any atom is 0.184 e. The summed E-state index contributed by atoms with van der Waals surface area (Å²) in [6, 6.07) is 5.25. The number of benzene rings is 1. The lowest BCUT2D eigenvalue weighted by atomic mass is 10.0. The highest BCUT2D eigenvalue weighted by Gasteiger charge is 2.36. The van der Waals surface area contributed by atoms with Gasteiger partial charge in [-0.05, 0) is 28.6 Å². The van der Waals surface area contributed by atoms with Gasteiger partial charge in [0.25, 0.3) is 0 Å². The monoisotopic (exact) mass is 309 g/mol. The summed E-state index contributed by atoms with van der Waals surface area (Å²) in [6.07, 6.45) is 0.804. The minimum absolute atomic E-state index is 0.398. The average Bonchev–Trinajstić information content (AvgIpc) is 3.10. The normalized spacial score (nSPS) is 21.8. The molecule has 2 heterocycles. The Bertz CT molecular complexity index is 639. The summed E-state index contributed by atoms with van der Waals surface area (Å²) in [6.45, 7) is 1.71. The van der Waals surface area contributed by atoms with Crippen LogP contribution in [0.3, 0.4) is 0 Å². The van der Waals surface area contributed by atoms with E-state index in [1.807, 2.05) is 6.07 Å². The Hall–Kier alpha value is -1.70. The first kappa shape index (κ1) is 14.2. The highest BCUT2D eigenvalue weighted by atomic mass is 35.5. The summed E-state index contributed by atoms with van der Waals surface area (Å²) in [5.74, 6) is 0.590. The van der Waals surface area contributed by atoms with Gasteiger partial charge in [-0.25, -0.2) is 4.68 Å². The zero-order chi connectivity index (χ0) is 14.9. The van der Waals surface area contributed by atoms with Crippen LogP contribution in [0.4, 0.5) is 5.69 Å². The second kappa shape index (κ2) is 5.59. The number of anilines is 1. The first-order valence-corrected chi connectivity index (χ1v) is 6.96. The first-order chi connectivity index (χ1) is 10.1. The third-order valence-electron chi connectivity index (χ3n) is 3.72. The number of nitrogen functional groups attached to an aromatic ring is 1. The van der Waals surface area contributed by atoms with Gasteiger partial charge < -0.3 is 15.2 Å². The standard InChI is InChI=1S/C13H16ClN5O2/c1-20-13(4-5-21-8-13)7-19-12(16-17-18-19)10-3-2-9(14)6-11(10)15/h2-3,6H,4-5,7-8,15H2,1H3. The van der Waals surface area contributed by atoms with Gasteiger partial charge in [0, 0.05) is 36.4 Å². The molecule has 0 aliphatic carbocycles. The summed E-state index contributed by atoms with van der Waals surface area (Å²) >= 11 is 5.93. The van der Waals surface area contributed by atoms with E-state index in [-0.39, 0.29) is 0 Å². The van der Waals surface area contributed by atoms with Crippen LogP contribution in [0.2, 0.25) is 5.02 Å². The van der Waals surface area contributed by atoms with Gasteiger partial charge in [-0.1, -0.05) is 11.6 Å². The number of rotatable bonds is 4. The lowest BCUT2D eigenvalue weighted by Gasteiger charge is -2.25. The maximum absolute atomic E-state index is 6.01. The molecule has 3 rings (SSSR count). The van der Waals surface area contributed by atoms with Crippen molar-refractivity contribution in [1.29, 1.82) is 0 Å². The first-order valence-electron chi connectivity index (χ1n) is 6.58. The zero-order valence-corrected chi connectivity index (χ0v) is 12.4. The number of hydrogen-bond donors (Lipinski definition) is 1. The van der Waals surface area contributed by atoms with Crippen molar-refractivity contribution in [2.24, 2.45) is 0 Å². The minimum atomic E-state index is -0.398. The van der Waals surface area contributed by atoms with Crippen LogP contribution in [-0.2, 0) is 16.0 Å². The van der Waals surface area contributed by atoms with Gasteiger partial charge in [0.1, 0.15) is 5.60 Å². The molecule has 1 fully saturated rings. The van der Waals surface area contributed by atoms with Gasteiger partial charge >= 0.3 is 0 Å². The summed E-state index contributed by atoms with van der Waals surface area (Å²) < 4.78 is 12.7. The van der Waals surface area contributed by atoms with Gasteiger partial charge in [0.2, 0.25) is 0 Å². The summed E-state index contributed by atoms with van der Waals surface area (Å²) in [4.78, 5) is 0. The fraction of sp³-hybridized carbons (Fsp3) is 0.462. The molecular weight excluding hydrogens is 294 g/mol.